The number of anilines is 2. The summed E-state index contributed by atoms with van der Waals surface area (Å²) in [7, 11) is 0. The number of nitrogens with two attached hydrogens (primary N) is 1. The summed E-state index contributed by atoms with van der Waals surface area (Å²) in [6.07, 6.45) is 6.36. The van der Waals surface area contributed by atoms with Crippen LogP contribution in [0.15, 0.2) is 107 Å². The van der Waals surface area contributed by atoms with E-state index in [2.05, 4.69) is 25.3 Å². The van der Waals surface area contributed by atoms with Gasteiger partial charge in [-0.15, -0.1) is 0 Å². The standard InChI is InChI=1S/C20H14ClN3O2.C13H11N3O/c1-12-8-17-18(26-11-23-17)9-15(12)13-6-7-19(22-10-13)24-20(25)14-4-2-3-5-16(14)21;1-8-4-11-12(17-7-16-11)5-10(8)9-2-3-13(14)15-6-9/h2-11H,1H3,(H,22,24,25);2-7H,1H3,(H2,14,15). The molecule has 43 heavy (non-hydrogen) atoms. The Balaban J connectivity index is 0.000000167. The number of nitrogens with one attached hydrogen (secondary N) is 1. The van der Waals surface area contributed by atoms with Crippen molar-refractivity contribution in [1.82, 2.24) is 19.9 Å². The van der Waals surface area contributed by atoms with E-state index in [0.717, 1.165) is 55.6 Å². The molecule has 0 aliphatic rings. The number of carbonyl (C=O) groups is 1. The molecule has 212 valence electrons. The van der Waals surface area contributed by atoms with E-state index in [0.29, 0.717) is 22.2 Å². The van der Waals surface area contributed by atoms with Crippen molar-refractivity contribution in [3.63, 3.8) is 0 Å². The number of hydrogen-bond donors (Lipinski definition) is 2. The first-order valence-corrected chi connectivity index (χ1v) is 13.7. The predicted molar refractivity (Wildman–Crippen MR) is 168 cm³/mol. The first kappa shape index (κ1) is 27.6. The van der Waals surface area contributed by atoms with E-state index in [1.54, 1.807) is 48.8 Å². The normalized spacial score (nSPS) is 10.9. The van der Waals surface area contributed by atoms with E-state index in [1.807, 2.05) is 50.2 Å². The Morgan fingerprint density at radius 1 is 0.744 bits per heavy atom. The number of pyridine rings is 2. The van der Waals surface area contributed by atoms with Crippen LogP contribution in [0.5, 0.6) is 0 Å². The van der Waals surface area contributed by atoms with Gasteiger partial charge in [-0.3, -0.25) is 4.79 Å². The highest BCUT2D eigenvalue weighted by Crippen LogP contribution is 2.29. The average molecular weight is 589 g/mol. The molecular weight excluding hydrogens is 564 g/mol. The molecule has 3 aromatic carbocycles. The van der Waals surface area contributed by atoms with Crippen LogP contribution in [0.3, 0.4) is 0 Å². The Bertz CT molecular complexity index is 2070. The van der Waals surface area contributed by atoms with Crippen molar-refractivity contribution in [2.45, 2.75) is 13.8 Å². The third-order valence-corrected chi connectivity index (χ3v) is 7.22. The molecule has 9 nitrogen and oxygen atoms in total. The lowest BCUT2D eigenvalue weighted by molar-refractivity contribution is 0.102. The largest absolute Gasteiger partial charge is 0.443 e. The highest BCUT2D eigenvalue weighted by Gasteiger charge is 2.12. The van der Waals surface area contributed by atoms with Gasteiger partial charge in [-0.05, 0) is 96.8 Å². The number of halogens is 1. The number of aryl methyl sites for hydroxylation is 2. The summed E-state index contributed by atoms with van der Waals surface area (Å²) in [4.78, 5) is 29.0. The molecule has 0 radical (unpaired) electrons. The van der Waals surface area contributed by atoms with Crippen molar-refractivity contribution in [3.8, 4) is 22.3 Å². The Labute approximate surface area is 251 Å². The fraction of sp³-hybridized carbons (Fsp3) is 0.0606. The van der Waals surface area contributed by atoms with Crippen LogP contribution < -0.4 is 11.1 Å². The maximum atomic E-state index is 12.3. The van der Waals surface area contributed by atoms with E-state index < -0.39 is 0 Å². The number of fused-ring (bicyclic) bond motifs is 2. The van der Waals surface area contributed by atoms with Gasteiger partial charge in [-0.2, -0.15) is 0 Å². The zero-order valence-electron chi connectivity index (χ0n) is 23.2. The van der Waals surface area contributed by atoms with Gasteiger partial charge < -0.3 is 19.9 Å². The number of hydrogen-bond acceptors (Lipinski definition) is 8. The van der Waals surface area contributed by atoms with Crippen LogP contribution in [0.25, 0.3) is 44.5 Å². The van der Waals surface area contributed by atoms with Crippen LogP contribution in [-0.4, -0.2) is 25.8 Å². The maximum Gasteiger partial charge on any atom is 0.258 e. The highest BCUT2D eigenvalue weighted by atomic mass is 35.5. The summed E-state index contributed by atoms with van der Waals surface area (Å²) in [6, 6.07) is 22.2. The van der Waals surface area contributed by atoms with Gasteiger partial charge in [0.15, 0.2) is 24.0 Å². The molecular formula is C33H25ClN6O3. The Morgan fingerprint density at radius 3 is 1.86 bits per heavy atom. The second-order valence-corrected chi connectivity index (χ2v) is 10.2. The van der Waals surface area contributed by atoms with Crippen molar-refractivity contribution in [1.29, 1.82) is 0 Å². The number of nitrogen functional groups attached to an aromatic ring is 1. The van der Waals surface area contributed by atoms with E-state index >= 15 is 0 Å². The van der Waals surface area contributed by atoms with Crippen LogP contribution in [0.1, 0.15) is 21.5 Å². The second kappa shape index (κ2) is 11.8. The molecule has 0 unspecified atom stereocenters. The van der Waals surface area contributed by atoms with Crippen molar-refractivity contribution in [2.24, 2.45) is 0 Å². The van der Waals surface area contributed by atoms with E-state index in [-0.39, 0.29) is 5.91 Å². The molecule has 0 saturated carbocycles. The number of aromatic nitrogens is 4. The van der Waals surface area contributed by atoms with Gasteiger partial charge in [0.2, 0.25) is 0 Å². The SMILES string of the molecule is Cc1cc2ncoc2cc1-c1ccc(N)nc1.Cc1cc2ncoc2cc1-c1ccc(NC(=O)c2ccccc2Cl)nc1. The summed E-state index contributed by atoms with van der Waals surface area (Å²) in [5.41, 5.74) is 15.4. The molecule has 0 spiro atoms. The van der Waals surface area contributed by atoms with Crippen LogP contribution in [-0.2, 0) is 0 Å². The van der Waals surface area contributed by atoms with Crippen molar-refractivity contribution < 1.29 is 13.6 Å². The van der Waals surface area contributed by atoms with E-state index in [4.69, 9.17) is 26.2 Å². The molecule has 0 atom stereocenters. The Morgan fingerprint density at radius 2 is 1.33 bits per heavy atom. The van der Waals surface area contributed by atoms with Crippen LogP contribution in [0.4, 0.5) is 11.6 Å². The molecule has 4 aromatic heterocycles. The quantitative estimate of drug-likeness (QED) is 0.212. The monoisotopic (exact) mass is 588 g/mol. The number of oxazole rings is 2. The molecule has 4 heterocycles. The smallest absolute Gasteiger partial charge is 0.258 e. The minimum Gasteiger partial charge on any atom is -0.443 e. The van der Waals surface area contributed by atoms with Gasteiger partial charge >= 0.3 is 0 Å². The Hall–Kier alpha value is -5.54. The number of nitrogens with zero attached hydrogens (tertiary/aromatic N) is 4. The molecule has 3 N–H and O–H groups in total. The van der Waals surface area contributed by atoms with E-state index in [9.17, 15) is 4.79 Å². The number of benzene rings is 3. The molecule has 7 aromatic rings. The van der Waals surface area contributed by atoms with Crippen molar-refractivity contribution in [3.05, 3.63) is 120 Å². The molecule has 0 saturated heterocycles. The van der Waals surface area contributed by atoms with Crippen LogP contribution in [0, 0.1) is 13.8 Å². The van der Waals surface area contributed by atoms with Gasteiger partial charge in [0.1, 0.15) is 22.7 Å². The molecule has 1 amide bonds. The predicted octanol–water partition coefficient (Wildman–Crippen LogP) is 7.88. The summed E-state index contributed by atoms with van der Waals surface area (Å²) in [6.45, 7) is 4.05. The lowest BCUT2D eigenvalue weighted by Gasteiger charge is -2.08. The van der Waals surface area contributed by atoms with Crippen molar-refractivity contribution >= 4 is 51.3 Å². The fourth-order valence-electron chi connectivity index (χ4n) is 4.66. The van der Waals surface area contributed by atoms with Gasteiger partial charge in [0.25, 0.3) is 5.91 Å². The lowest BCUT2D eigenvalue weighted by Crippen LogP contribution is -2.13. The molecule has 10 heteroatoms. The molecule has 0 fully saturated rings. The van der Waals surface area contributed by atoms with Gasteiger partial charge in [-0.1, -0.05) is 23.7 Å². The van der Waals surface area contributed by atoms with E-state index in [1.165, 1.54) is 12.8 Å². The zero-order chi connectivity index (χ0) is 29.9. The summed E-state index contributed by atoms with van der Waals surface area (Å²) in [5.74, 6) is 0.680. The molecule has 0 aliphatic carbocycles. The first-order valence-electron chi connectivity index (χ1n) is 13.3. The highest BCUT2D eigenvalue weighted by molar-refractivity contribution is 6.34. The summed E-state index contributed by atoms with van der Waals surface area (Å²) >= 11 is 6.05. The first-order chi connectivity index (χ1) is 20.9. The van der Waals surface area contributed by atoms with Crippen molar-refractivity contribution in [2.75, 3.05) is 11.1 Å². The number of amides is 1. The number of carbonyl (C=O) groups excluding carboxylic acids is 1. The maximum absolute atomic E-state index is 12.3. The summed E-state index contributed by atoms with van der Waals surface area (Å²) < 4.78 is 10.7. The fourth-order valence-corrected chi connectivity index (χ4v) is 4.88. The minimum atomic E-state index is -0.296. The molecule has 0 bridgehead atoms. The second-order valence-electron chi connectivity index (χ2n) is 9.81. The Kier molecular flexibility index (Phi) is 7.55. The average Bonchev–Trinajstić information content (AvgIpc) is 3.66. The van der Waals surface area contributed by atoms with Gasteiger partial charge in [-0.25, -0.2) is 19.9 Å². The number of rotatable bonds is 4. The summed E-state index contributed by atoms with van der Waals surface area (Å²) in [5, 5.41) is 3.16. The lowest BCUT2D eigenvalue weighted by atomic mass is 10.0. The zero-order valence-corrected chi connectivity index (χ0v) is 24.0. The molecule has 7 rings (SSSR count). The van der Waals surface area contributed by atoms with Gasteiger partial charge in [0, 0.05) is 23.5 Å². The van der Waals surface area contributed by atoms with Crippen LogP contribution in [0.2, 0.25) is 5.02 Å². The van der Waals surface area contributed by atoms with Crippen LogP contribution >= 0.6 is 11.6 Å². The third-order valence-electron chi connectivity index (χ3n) is 6.89. The van der Waals surface area contributed by atoms with Gasteiger partial charge in [0.05, 0.1) is 10.6 Å². The third kappa shape index (κ3) is 5.93. The minimum absolute atomic E-state index is 0.296. The molecule has 0 aliphatic heterocycles. The topological polar surface area (TPSA) is 133 Å².